The van der Waals surface area contributed by atoms with E-state index in [9.17, 15) is 4.79 Å². The predicted octanol–water partition coefficient (Wildman–Crippen LogP) is 0.185. The van der Waals surface area contributed by atoms with Gasteiger partial charge < -0.3 is 10.2 Å². The number of hydrogen-bond donors (Lipinski definition) is 2. The first-order chi connectivity index (χ1) is 4.50. The van der Waals surface area contributed by atoms with Gasteiger partial charge in [-0.15, -0.1) is 6.42 Å². The van der Waals surface area contributed by atoms with Gasteiger partial charge in [0, 0.05) is 6.92 Å². The first-order valence-electron chi connectivity index (χ1n) is 2.35. The van der Waals surface area contributed by atoms with Gasteiger partial charge in [-0.1, -0.05) is 5.92 Å². The van der Waals surface area contributed by atoms with Crippen molar-refractivity contribution in [2.45, 2.75) is 13.3 Å². The van der Waals surface area contributed by atoms with Crippen molar-refractivity contribution in [3.63, 3.8) is 0 Å². The number of carbonyl (C=O) groups is 2. The van der Waals surface area contributed by atoms with Crippen molar-refractivity contribution in [2.75, 3.05) is 0 Å². The molecule has 0 saturated heterocycles. The van der Waals surface area contributed by atoms with Gasteiger partial charge in [-0.05, 0) is 0 Å². The zero-order valence-electron chi connectivity index (χ0n) is 5.50. The molecule has 0 unspecified atom stereocenters. The van der Waals surface area contributed by atoms with Gasteiger partial charge >= 0.3 is 5.97 Å². The summed E-state index contributed by atoms with van der Waals surface area (Å²) in [7, 11) is 0. The van der Waals surface area contributed by atoms with Crippen LogP contribution in [0.5, 0.6) is 0 Å². The minimum Gasteiger partial charge on any atom is -0.481 e. The Bertz CT molecular complexity index is 150. The lowest BCUT2D eigenvalue weighted by Crippen LogP contribution is -1.88. The van der Waals surface area contributed by atoms with Gasteiger partial charge in [0.25, 0.3) is 5.97 Å². The summed E-state index contributed by atoms with van der Waals surface area (Å²) in [5.74, 6) is 0.188. The van der Waals surface area contributed by atoms with Gasteiger partial charge in [0.15, 0.2) is 0 Å². The van der Waals surface area contributed by atoms with E-state index in [2.05, 4.69) is 6.42 Å². The Morgan fingerprint density at radius 1 is 1.50 bits per heavy atom. The molecule has 0 bridgehead atoms. The Hall–Kier alpha value is -1.50. The molecule has 0 aliphatic rings. The van der Waals surface area contributed by atoms with Crippen molar-refractivity contribution >= 4 is 11.9 Å². The zero-order valence-corrected chi connectivity index (χ0v) is 5.50. The van der Waals surface area contributed by atoms with Gasteiger partial charge in [0.1, 0.15) is 6.42 Å². The topological polar surface area (TPSA) is 74.6 Å². The van der Waals surface area contributed by atoms with E-state index >= 15 is 0 Å². The second-order valence-electron chi connectivity index (χ2n) is 1.29. The molecule has 0 aromatic carbocycles. The number of terminal acetylenes is 1. The Kier molecular flexibility index (Phi) is 8.49. The second-order valence-corrected chi connectivity index (χ2v) is 1.29. The van der Waals surface area contributed by atoms with Crippen molar-refractivity contribution in [1.29, 1.82) is 0 Å². The number of carboxylic acid groups (broad SMARTS) is 2. The zero-order chi connectivity index (χ0) is 8.57. The molecule has 2 N–H and O–H groups in total. The van der Waals surface area contributed by atoms with E-state index in [4.69, 9.17) is 15.0 Å². The predicted molar refractivity (Wildman–Crippen MR) is 34.4 cm³/mol. The molecule has 4 heteroatoms. The van der Waals surface area contributed by atoms with Crippen LogP contribution in [0.15, 0.2) is 0 Å². The van der Waals surface area contributed by atoms with Crippen LogP contribution in [0.2, 0.25) is 0 Å². The third kappa shape index (κ3) is 87.4. The number of rotatable bonds is 1. The molecular formula is C6H8O4. The minimum absolute atomic E-state index is 0.181. The van der Waals surface area contributed by atoms with Gasteiger partial charge in [-0.2, -0.15) is 0 Å². The lowest BCUT2D eigenvalue weighted by atomic mass is 10.5. The average molecular weight is 144 g/mol. The standard InChI is InChI=1S/C4H4O2.C2H4O2/c1-2-3-4(5)6;1-2(3)4/h1H,3H2,(H,5,6);1H3,(H,3,4). The van der Waals surface area contributed by atoms with Crippen LogP contribution in [0.4, 0.5) is 0 Å². The highest BCUT2D eigenvalue weighted by Crippen LogP contribution is 1.68. The molecule has 0 rings (SSSR count). The van der Waals surface area contributed by atoms with Crippen LogP contribution in [0.1, 0.15) is 13.3 Å². The molecule has 0 heterocycles. The lowest BCUT2D eigenvalue weighted by Gasteiger charge is -1.72. The highest BCUT2D eigenvalue weighted by atomic mass is 16.4. The summed E-state index contributed by atoms with van der Waals surface area (Å²) >= 11 is 0. The van der Waals surface area contributed by atoms with Gasteiger partial charge in [-0.3, -0.25) is 9.59 Å². The molecule has 0 radical (unpaired) electrons. The third-order valence-corrected chi connectivity index (χ3v) is 0.253. The van der Waals surface area contributed by atoms with Crippen LogP contribution in [0.25, 0.3) is 0 Å². The summed E-state index contributed by atoms with van der Waals surface area (Å²) in [6.07, 6.45) is 4.42. The van der Waals surface area contributed by atoms with E-state index in [1.54, 1.807) is 0 Å². The third-order valence-electron chi connectivity index (χ3n) is 0.253. The lowest BCUT2D eigenvalue weighted by molar-refractivity contribution is -0.136. The highest BCUT2D eigenvalue weighted by Gasteiger charge is 1.84. The fourth-order valence-corrected chi connectivity index (χ4v) is 0.0873. The SMILES string of the molecule is C#CCC(=O)O.CC(=O)O. The van der Waals surface area contributed by atoms with Gasteiger partial charge in [0.05, 0.1) is 0 Å². The Labute approximate surface area is 58.5 Å². The minimum atomic E-state index is -0.947. The Morgan fingerprint density at radius 3 is 1.80 bits per heavy atom. The first-order valence-corrected chi connectivity index (χ1v) is 2.35. The van der Waals surface area contributed by atoms with Crippen molar-refractivity contribution in [2.24, 2.45) is 0 Å². The number of hydrogen-bond acceptors (Lipinski definition) is 2. The van der Waals surface area contributed by atoms with Crippen LogP contribution in [-0.2, 0) is 9.59 Å². The first kappa shape index (κ1) is 11.3. The van der Waals surface area contributed by atoms with E-state index in [-0.39, 0.29) is 6.42 Å². The Morgan fingerprint density at radius 2 is 1.80 bits per heavy atom. The molecule has 4 nitrogen and oxygen atoms in total. The van der Waals surface area contributed by atoms with Crippen molar-refractivity contribution < 1.29 is 19.8 Å². The number of carboxylic acids is 2. The molecule has 10 heavy (non-hydrogen) atoms. The largest absolute Gasteiger partial charge is 0.481 e. The highest BCUT2D eigenvalue weighted by molar-refractivity contribution is 5.69. The van der Waals surface area contributed by atoms with E-state index in [1.807, 2.05) is 5.92 Å². The van der Waals surface area contributed by atoms with Crippen LogP contribution >= 0.6 is 0 Å². The summed E-state index contributed by atoms with van der Waals surface area (Å²) in [6, 6.07) is 0. The summed E-state index contributed by atoms with van der Waals surface area (Å²) in [5.41, 5.74) is 0. The van der Waals surface area contributed by atoms with E-state index in [0.29, 0.717) is 0 Å². The molecule has 0 atom stereocenters. The smallest absolute Gasteiger partial charge is 0.315 e. The molecular weight excluding hydrogens is 136 g/mol. The van der Waals surface area contributed by atoms with Crippen LogP contribution in [0.3, 0.4) is 0 Å². The van der Waals surface area contributed by atoms with Crippen LogP contribution in [-0.4, -0.2) is 22.2 Å². The fraction of sp³-hybridized carbons (Fsp3) is 0.333. The van der Waals surface area contributed by atoms with Crippen molar-refractivity contribution in [3.8, 4) is 12.3 Å². The number of aliphatic carboxylic acids is 2. The summed E-state index contributed by atoms with van der Waals surface area (Å²) in [5, 5.41) is 15.2. The molecule has 0 aromatic rings. The summed E-state index contributed by atoms with van der Waals surface area (Å²) < 4.78 is 0. The molecule has 0 saturated carbocycles. The molecule has 0 aromatic heterocycles. The molecule has 56 valence electrons. The molecule has 0 aliphatic carbocycles. The van der Waals surface area contributed by atoms with Crippen LogP contribution in [0, 0.1) is 12.3 Å². The monoisotopic (exact) mass is 144 g/mol. The van der Waals surface area contributed by atoms with Crippen molar-refractivity contribution in [3.05, 3.63) is 0 Å². The molecule has 0 spiro atoms. The van der Waals surface area contributed by atoms with E-state index in [1.165, 1.54) is 0 Å². The maximum Gasteiger partial charge on any atom is 0.315 e. The van der Waals surface area contributed by atoms with Crippen molar-refractivity contribution in [1.82, 2.24) is 0 Å². The molecule has 0 amide bonds. The fourth-order valence-electron chi connectivity index (χ4n) is 0.0873. The van der Waals surface area contributed by atoms with E-state index < -0.39 is 11.9 Å². The normalized spacial score (nSPS) is 6.40. The van der Waals surface area contributed by atoms with E-state index in [0.717, 1.165) is 6.92 Å². The maximum absolute atomic E-state index is 9.46. The van der Waals surface area contributed by atoms with Gasteiger partial charge in [0.2, 0.25) is 0 Å². The quantitative estimate of drug-likeness (QED) is 0.515. The van der Waals surface area contributed by atoms with Gasteiger partial charge in [-0.25, -0.2) is 0 Å². The van der Waals surface area contributed by atoms with Crippen LogP contribution < -0.4 is 0 Å². The molecule has 0 fully saturated rings. The molecule has 0 aliphatic heterocycles. The Balaban J connectivity index is 0. The summed E-state index contributed by atoms with van der Waals surface area (Å²) in [4.78, 5) is 18.5. The summed E-state index contributed by atoms with van der Waals surface area (Å²) in [6.45, 7) is 1.08. The maximum atomic E-state index is 9.46. The second kappa shape index (κ2) is 7.50. The average Bonchev–Trinajstić information content (AvgIpc) is 1.62.